The van der Waals surface area contributed by atoms with Crippen molar-refractivity contribution in [1.82, 2.24) is 0 Å². The van der Waals surface area contributed by atoms with E-state index in [2.05, 4.69) is 0 Å². The van der Waals surface area contributed by atoms with Crippen LogP contribution in [0.3, 0.4) is 0 Å². The Kier molecular flexibility index (Phi) is 5.57. The summed E-state index contributed by atoms with van der Waals surface area (Å²) in [5, 5.41) is 0. The van der Waals surface area contributed by atoms with Crippen molar-refractivity contribution in [1.29, 1.82) is 0 Å². The van der Waals surface area contributed by atoms with Gasteiger partial charge in [-0.15, -0.1) is 0 Å². The maximum absolute atomic E-state index is 12.1. The second-order valence-corrected chi connectivity index (χ2v) is 5.00. The molecule has 0 bridgehead atoms. The molecule has 0 amide bonds. The molecular weight excluding hydrogens is 296 g/mol. The van der Waals surface area contributed by atoms with Gasteiger partial charge < -0.3 is 13.9 Å². The standard InChI is InChI=1S/C18H20O5/c1-4-21-17(19)15-11-23-16(18(20)22-5-2)14(15)10-13-9-7-6-8-12(13)3/h6-9,11H,4-5,10H2,1-3H3. The minimum atomic E-state index is -0.577. The minimum absolute atomic E-state index is 0.0538. The molecule has 0 atom stereocenters. The molecule has 0 saturated carbocycles. The summed E-state index contributed by atoms with van der Waals surface area (Å²) in [5.74, 6) is -1.03. The number of esters is 2. The summed E-state index contributed by atoms with van der Waals surface area (Å²) < 4.78 is 15.4. The van der Waals surface area contributed by atoms with Crippen LogP contribution >= 0.6 is 0 Å². The summed E-state index contributed by atoms with van der Waals surface area (Å²) in [5.41, 5.74) is 2.83. The molecule has 1 aromatic heterocycles. The highest BCUT2D eigenvalue weighted by atomic mass is 16.5. The minimum Gasteiger partial charge on any atom is -0.462 e. The zero-order valence-corrected chi connectivity index (χ0v) is 13.5. The first-order valence-electron chi connectivity index (χ1n) is 7.57. The third kappa shape index (κ3) is 3.80. The van der Waals surface area contributed by atoms with Crippen molar-refractivity contribution in [2.75, 3.05) is 13.2 Å². The lowest BCUT2D eigenvalue weighted by Gasteiger charge is -2.08. The van der Waals surface area contributed by atoms with Crippen LogP contribution in [0.15, 0.2) is 34.9 Å². The quantitative estimate of drug-likeness (QED) is 0.763. The van der Waals surface area contributed by atoms with Gasteiger partial charge in [0.25, 0.3) is 0 Å². The predicted molar refractivity (Wildman–Crippen MR) is 84.6 cm³/mol. The molecule has 1 aromatic carbocycles. The Balaban J connectivity index is 2.44. The molecule has 0 fully saturated rings. The molecule has 5 nitrogen and oxygen atoms in total. The van der Waals surface area contributed by atoms with Crippen LogP contribution in [-0.2, 0) is 15.9 Å². The van der Waals surface area contributed by atoms with E-state index in [4.69, 9.17) is 13.9 Å². The summed E-state index contributed by atoms with van der Waals surface area (Å²) >= 11 is 0. The van der Waals surface area contributed by atoms with Crippen LogP contribution in [0.4, 0.5) is 0 Å². The number of carbonyl (C=O) groups is 2. The molecule has 0 spiro atoms. The Morgan fingerprint density at radius 1 is 1.04 bits per heavy atom. The lowest BCUT2D eigenvalue weighted by molar-refractivity contribution is 0.0487. The average molecular weight is 316 g/mol. The van der Waals surface area contributed by atoms with Crippen molar-refractivity contribution in [3.05, 3.63) is 58.5 Å². The number of rotatable bonds is 6. The first-order valence-corrected chi connectivity index (χ1v) is 7.57. The molecule has 23 heavy (non-hydrogen) atoms. The van der Waals surface area contributed by atoms with Crippen LogP contribution < -0.4 is 0 Å². The van der Waals surface area contributed by atoms with Crippen LogP contribution in [0.2, 0.25) is 0 Å². The van der Waals surface area contributed by atoms with Gasteiger partial charge in [0.05, 0.1) is 13.2 Å². The number of carbonyl (C=O) groups excluding carboxylic acids is 2. The maximum Gasteiger partial charge on any atom is 0.374 e. The number of hydrogen-bond donors (Lipinski definition) is 0. The molecule has 0 aliphatic rings. The monoisotopic (exact) mass is 316 g/mol. The van der Waals surface area contributed by atoms with Crippen molar-refractivity contribution in [2.45, 2.75) is 27.2 Å². The van der Waals surface area contributed by atoms with Gasteiger partial charge >= 0.3 is 11.9 Å². The van der Waals surface area contributed by atoms with Crippen LogP contribution in [0, 0.1) is 6.92 Å². The highest BCUT2D eigenvalue weighted by Gasteiger charge is 2.26. The van der Waals surface area contributed by atoms with Crippen molar-refractivity contribution in [3.63, 3.8) is 0 Å². The normalized spacial score (nSPS) is 10.4. The summed E-state index contributed by atoms with van der Waals surface area (Å²) in [6, 6.07) is 7.78. The first kappa shape index (κ1) is 16.8. The molecule has 122 valence electrons. The fourth-order valence-electron chi connectivity index (χ4n) is 2.30. The van der Waals surface area contributed by atoms with E-state index in [1.807, 2.05) is 31.2 Å². The van der Waals surface area contributed by atoms with Gasteiger partial charge in [0, 0.05) is 12.0 Å². The smallest absolute Gasteiger partial charge is 0.374 e. The average Bonchev–Trinajstić information content (AvgIpc) is 2.94. The number of furan rings is 1. The van der Waals surface area contributed by atoms with Gasteiger partial charge in [-0.1, -0.05) is 24.3 Å². The molecular formula is C18H20O5. The van der Waals surface area contributed by atoms with Gasteiger partial charge in [-0.2, -0.15) is 0 Å². The lowest BCUT2D eigenvalue weighted by Crippen LogP contribution is -2.11. The summed E-state index contributed by atoms with van der Waals surface area (Å²) in [7, 11) is 0. The van der Waals surface area contributed by atoms with Crippen molar-refractivity contribution >= 4 is 11.9 Å². The molecule has 0 aliphatic carbocycles. The third-order valence-corrected chi connectivity index (χ3v) is 3.48. The van der Waals surface area contributed by atoms with E-state index >= 15 is 0 Å². The SMILES string of the molecule is CCOC(=O)c1coc(C(=O)OCC)c1Cc1ccccc1C. The molecule has 0 unspecified atom stereocenters. The van der Waals surface area contributed by atoms with E-state index in [1.165, 1.54) is 6.26 Å². The number of ether oxygens (including phenoxy) is 2. The zero-order chi connectivity index (χ0) is 16.8. The number of aryl methyl sites for hydroxylation is 1. The van der Waals surface area contributed by atoms with E-state index in [-0.39, 0.29) is 24.5 Å². The Labute approximate surface area is 135 Å². The number of benzene rings is 1. The van der Waals surface area contributed by atoms with Gasteiger partial charge in [-0.05, 0) is 31.9 Å². The molecule has 0 radical (unpaired) electrons. The van der Waals surface area contributed by atoms with Gasteiger partial charge in [0.1, 0.15) is 11.8 Å². The molecule has 0 aliphatic heterocycles. The Bertz CT molecular complexity index is 664. The van der Waals surface area contributed by atoms with Gasteiger partial charge in [0.2, 0.25) is 5.76 Å². The largest absolute Gasteiger partial charge is 0.462 e. The van der Waals surface area contributed by atoms with E-state index in [1.54, 1.807) is 13.8 Å². The Hall–Kier alpha value is -2.56. The highest BCUT2D eigenvalue weighted by Crippen LogP contribution is 2.24. The Morgan fingerprint density at radius 2 is 1.70 bits per heavy atom. The summed E-state index contributed by atoms with van der Waals surface area (Å²) in [4.78, 5) is 24.2. The fourth-order valence-corrected chi connectivity index (χ4v) is 2.30. The van der Waals surface area contributed by atoms with Crippen LogP contribution in [0.5, 0.6) is 0 Å². The second-order valence-electron chi connectivity index (χ2n) is 5.00. The van der Waals surface area contributed by atoms with Crippen LogP contribution in [0.25, 0.3) is 0 Å². The maximum atomic E-state index is 12.1. The van der Waals surface area contributed by atoms with E-state index in [0.717, 1.165) is 11.1 Å². The van der Waals surface area contributed by atoms with E-state index in [9.17, 15) is 9.59 Å². The molecule has 0 N–H and O–H groups in total. The van der Waals surface area contributed by atoms with E-state index in [0.29, 0.717) is 12.0 Å². The first-order chi connectivity index (χ1) is 11.1. The van der Waals surface area contributed by atoms with Crippen molar-refractivity contribution < 1.29 is 23.5 Å². The molecule has 2 rings (SSSR count). The second kappa shape index (κ2) is 7.63. The predicted octanol–water partition coefficient (Wildman–Crippen LogP) is 3.53. The van der Waals surface area contributed by atoms with Crippen molar-refractivity contribution in [2.24, 2.45) is 0 Å². The molecule has 2 aromatic rings. The van der Waals surface area contributed by atoms with Crippen molar-refractivity contribution in [3.8, 4) is 0 Å². The van der Waals surface area contributed by atoms with Gasteiger partial charge in [-0.25, -0.2) is 9.59 Å². The summed E-state index contributed by atoms with van der Waals surface area (Å²) in [6.07, 6.45) is 1.66. The molecule has 1 heterocycles. The fraction of sp³-hybridized carbons (Fsp3) is 0.333. The van der Waals surface area contributed by atoms with Gasteiger partial charge in [0.15, 0.2) is 0 Å². The topological polar surface area (TPSA) is 65.7 Å². The highest BCUT2D eigenvalue weighted by molar-refractivity contribution is 5.96. The molecule has 5 heteroatoms. The Morgan fingerprint density at radius 3 is 2.35 bits per heavy atom. The number of hydrogen-bond acceptors (Lipinski definition) is 5. The zero-order valence-electron chi connectivity index (χ0n) is 13.5. The lowest BCUT2D eigenvalue weighted by atomic mass is 9.98. The van der Waals surface area contributed by atoms with E-state index < -0.39 is 11.9 Å². The van der Waals surface area contributed by atoms with Crippen LogP contribution in [-0.4, -0.2) is 25.2 Å². The summed E-state index contributed by atoms with van der Waals surface area (Å²) in [6.45, 7) is 5.91. The third-order valence-electron chi connectivity index (χ3n) is 3.48. The van der Waals surface area contributed by atoms with Crippen LogP contribution in [0.1, 0.15) is 51.5 Å². The molecule has 0 saturated heterocycles. The van der Waals surface area contributed by atoms with Gasteiger partial charge in [-0.3, -0.25) is 0 Å².